The summed E-state index contributed by atoms with van der Waals surface area (Å²) in [6.07, 6.45) is 5.14. The third-order valence-corrected chi connectivity index (χ3v) is 3.98. The van der Waals surface area contributed by atoms with Gasteiger partial charge in [-0.15, -0.1) is 0 Å². The quantitative estimate of drug-likeness (QED) is 0.809. The van der Waals surface area contributed by atoms with Crippen LogP contribution < -0.4 is 16.2 Å². The van der Waals surface area contributed by atoms with Crippen LogP contribution in [0.3, 0.4) is 0 Å². The molecule has 1 aromatic carbocycles. The third-order valence-electron chi connectivity index (χ3n) is 3.98. The summed E-state index contributed by atoms with van der Waals surface area (Å²) in [5.41, 5.74) is 9.43. The Bertz CT molecular complexity index is 644. The fourth-order valence-electron chi connectivity index (χ4n) is 2.71. The number of hydrogen-bond donors (Lipinski definition) is 3. The Morgan fingerprint density at radius 1 is 1.23 bits per heavy atom. The van der Waals surface area contributed by atoms with Crippen molar-refractivity contribution in [2.75, 3.05) is 5.32 Å². The van der Waals surface area contributed by atoms with Crippen molar-refractivity contribution in [3.05, 3.63) is 59.9 Å². The predicted octanol–water partition coefficient (Wildman–Crippen LogP) is 2.19. The summed E-state index contributed by atoms with van der Waals surface area (Å²) in [7, 11) is 0. The molecule has 0 bridgehead atoms. The number of amides is 1. The van der Waals surface area contributed by atoms with Gasteiger partial charge in [-0.2, -0.15) is 0 Å². The molecular weight excluding hydrogens is 276 g/mol. The van der Waals surface area contributed by atoms with Gasteiger partial charge in [0.2, 0.25) is 5.91 Å². The molecule has 2 heterocycles. The fraction of sp³-hybridized carbons (Fsp3) is 0.294. The Hall–Kier alpha value is -2.24. The van der Waals surface area contributed by atoms with E-state index in [4.69, 9.17) is 0 Å². The number of hydrazine groups is 1. The van der Waals surface area contributed by atoms with E-state index in [0.29, 0.717) is 6.42 Å². The number of nitrogens with zero attached hydrogens (tertiary/aromatic N) is 1. The first-order chi connectivity index (χ1) is 10.8. The van der Waals surface area contributed by atoms with E-state index in [1.807, 2.05) is 36.4 Å². The normalized spacial score (nSPS) is 20.8. The van der Waals surface area contributed by atoms with Gasteiger partial charge in [-0.25, -0.2) is 10.9 Å². The maximum atomic E-state index is 12.4. The molecule has 114 valence electrons. The van der Waals surface area contributed by atoms with Crippen LogP contribution in [0.5, 0.6) is 0 Å². The maximum absolute atomic E-state index is 12.4. The summed E-state index contributed by atoms with van der Waals surface area (Å²) in [5.74, 6) is -0.00930. The molecule has 3 N–H and O–H groups in total. The van der Waals surface area contributed by atoms with Crippen molar-refractivity contribution in [1.82, 2.24) is 15.8 Å². The number of carbonyl (C=O) groups is 1. The molecule has 1 aromatic heterocycles. The molecule has 1 saturated heterocycles. The van der Waals surface area contributed by atoms with Crippen LogP contribution in [0.4, 0.5) is 5.69 Å². The van der Waals surface area contributed by atoms with Crippen molar-refractivity contribution in [2.24, 2.45) is 0 Å². The van der Waals surface area contributed by atoms with Crippen LogP contribution in [0.2, 0.25) is 0 Å². The van der Waals surface area contributed by atoms with Crippen LogP contribution in [-0.2, 0) is 11.2 Å². The lowest BCUT2D eigenvalue weighted by atomic mass is 10.0. The van der Waals surface area contributed by atoms with Crippen molar-refractivity contribution in [2.45, 2.75) is 31.8 Å². The number of hydrogen-bond acceptors (Lipinski definition) is 4. The maximum Gasteiger partial charge on any atom is 0.242 e. The van der Waals surface area contributed by atoms with E-state index >= 15 is 0 Å². The highest BCUT2D eigenvalue weighted by molar-refractivity contribution is 5.95. The minimum atomic E-state index is -0.247. The van der Waals surface area contributed by atoms with Gasteiger partial charge in [-0.3, -0.25) is 9.78 Å². The zero-order chi connectivity index (χ0) is 15.4. The van der Waals surface area contributed by atoms with Gasteiger partial charge < -0.3 is 5.32 Å². The van der Waals surface area contributed by atoms with Crippen molar-refractivity contribution in [3.8, 4) is 0 Å². The second kappa shape index (κ2) is 6.68. The standard InChI is InChI=1S/C17H20N4O/c1-2-12-5-3-4-6-14(12)19-17(22)16-11-15(20-21-16)13-7-9-18-10-8-13/h3-10,15-16,20-21H,2,11H2,1H3,(H,19,22). The van der Waals surface area contributed by atoms with Crippen LogP contribution in [0, 0.1) is 0 Å². The molecule has 0 saturated carbocycles. The van der Waals surface area contributed by atoms with Crippen molar-refractivity contribution >= 4 is 11.6 Å². The van der Waals surface area contributed by atoms with E-state index in [2.05, 4.69) is 28.1 Å². The second-order valence-electron chi connectivity index (χ2n) is 5.41. The Kier molecular flexibility index (Phi) is 4.46. The minimum absolute atomic E-state index is 0.00930. The van der Waals surface area contributed by atoms with Crippen molar-refractivity contribution in [1.29, 1.82) is 0 Å². The number of carbonyl (C=O) groups excluding carboxylic acids is 1. The zero-order valence-electron chi connectivity index (χ0n) is 12.5. The van der Waals surface area contributed by atoms with Crippen LogP contribution in [0.15, 0.2) is 48.8 Å². The number of pyridine rings is 1. The summed E-state index contributed by atoms with van der Waals surface area (Å²) >= 11 is 0. The van der Waals surface area contributed by atoms with Gasteiger partial charge in [-0.05, 0) is 42.2 Å². The summed E-state index contributed by atoms with van der Waals surface area (Å²) in [5, 5.41) is 3.02. The second-order valence-corrected chi connectivity index (χ2v) is 5.41. The zero-order valence-corrected chi connectivity index (χ0v) is 12.5. The molecule has 0 spiro atoms. The molecule has 2 atom stereocenters. The number of para-hydroxylation sites is 1. The molecule has 22 heavy (non-hydrogen) atoms. The lowest BCUT2D eigenvalue weighted by molar-refractivity contribution is -0.117. The molecule has 2 unspecified atom stereocenters. The Labute approximate surface area is 130 Å². The van der Waals surface area contributed by atoms with E-state index in [1.165, 1.54) is 0 Å². The first-order valence-corrected chi connectivity index (χ1v) is 7.57. The van der Waals surface area contributed by atoms with E-state index in [-0.39, 0.29) is 18.0 Å². The van der Waals surface area contributed by atoms with Gasteiger partial charge >= 0.3 is 0 Å². The molecule has 0 radical (unpaired) electrons. The molecule has 1 aliphatic rings. The number of benzene rings is 1. The topological polar surface area (TPSA) is 66.0 Å². The molecule has 1 aliphatic heterocycles. The Morgan fingerprint density at radius 2 is 2.00 bits per heavy atom. The van der Waals surface area contributed by atoms with Gasteiger partial charge in [-0.1, -0.05) is 25.1 Å². The van der Waals surface area contributed by atoms with Gasteiger partial charge in [0.15, 0.2) is 0 Å². The highest BCUT2D eigenvalue weighted by Gasteiger charge is 2.30. The summed E-state index contributed by atoms with van der Waals surface area (Å²) in [6, 6.07) is 11.7. The van der Waals surface area contributed by atoms with Crippen LogP contribution in [0.25, 0.3) is 0 Å². The number of aromatic nitrogens is 1. The van der Waals surface area contributed by atoms with Gasteiger partial charge in [0.1, 0.15) is 6.04 Å². The number of anilines is 1. The average molecular weight is 296 g/mol. The predicted molar refractivity (Wildman–Crippen MR) is 86.1 cm³/mol. The molecule has 5 nitrogen and oxygen atoms in total. The first kappa shape index (κ1) is 14.7. The first-order valence-electron chi connectivity index (χ1n) is 7.57. The number of aryl methyl sites for hydroxylation is 1. The monoisotopic (exact) mass is 296 g/mol. The molecule has 1 fully saturated rings. The van der Waals surface area contributed by atoms with Gasteiger partial charge in [0, 0.05) is 24.1 Å². The lowest BCUT2D eigenvalue weighted by Crippen LogP contribution is -2.39. The average Bonchev–Trinajstić information content (AvgIpc) is 3.06. The summed E-state index contributed by atoms with van der Waals surface area (Å²) in [6.45, 7) is 2.08. The van der Waals surface area contributed by atoms with Crippen molar-refractivity contribution < 1.29 is 4.79 Å². The summed E-state index contributed by atoms with van der Waals surface area (Å²) < 4.78 is 0. The highest BCUT2D eigenvalue weighted by atomic mass is 16.2. The van der Waals surface area contributed by atoms with E-state index in [9.17, 15) is 4.79 Å². The van der Waals surface area contributed by atoms with E-state index in [0.717, 1.165) is 23.2 Å². The SMILES string of the molecule is CCc1ccccc1NC(=O)C1CC(c2ccncc2)NN1. The van der Waals surface area contributed by atoms with Crippen molar-refractivity contribution in [3.63, 3.8) is 0 Å². The molecule has 2 aromatic rings. The number of rotatable bonds is 4. The smallest absolute Gasteiger partial charge is 0.242 e. The third kappa shape index (κ3) is 3.16. The van der Waals surface area contributed by atoms with Gasteiger partial charge in [0.25, 0.3) is 0 Å². The van der Waals surface area contributed by atoms with E-state index in [1.54, 1.807) is 12.4 Å². The van der Waals surface area contributed by atoms with Gasteiger partial charge in [0.05, 0.1) is 0 Å². The molecule has 1 amide bonds. The Morgan fingerprint density at radius 3 is 2.77 bits per heavy atom. The van der Waals surface area contributed by atoms with E-state index < -0.39 is 0 Å². The molecular formula is C17H20N4O. The number of nitrogens with one attached hydrogen (secondary N) is 3. The molecule has 0 aliphatic carbocycles. The summed E-state index contributed by atoms with van der Waals surface area (Å²) in [4.78, 5) is 16.5. The molecule has 3 rings (SSSR count). The fourth-order valence-corrected chi connectivity index (χ4v) is 2.71. The minimum Gasteiger partial charge on any atom is -0.324 e. The van der Waals surface area contributed by atoms with Crippen LogP contribution in [-0.4, -0.2) is 16.9 Å². The highest BCUT2D eigenvalue weighted by Crippen LogP contribution is 2.23. The van der Waals surface area contributed by atoms with Crippen LogP contribution in [0.1, 0.15) is 30.5 Å². The molecule has 5 heteroatoms. The Balaban J connectivity index is 1.64. The van der Waals surface area contributed by atoms with Crippen LogP contribution >= 0.6 is 0 Å². The largest absolute Gasteiger partial charge is 0.324 e. The lowest BCUT2D eigenvalue weighted by Gasteiger charge is -2.13.